The van der Waals surface area contributed by atoms with E-state index in [9.17, 15) is 0 Å². The van der Waals surface area contributed by atoms with Crippen LogP contribution in [0.1, 0.15) is 18.0 Å². The molecule has 3 heteroatoms. The van der Waals surface area contributed by atoms with E-state index < -0.39 is 0 Å². The largest absolute Gasteiger partial charge is 0.368 e. The zero-order valence-electron chi connectivity index (χ0n) is 12.0. The Morgan fingerprint density at radius 2 is 1.70 bits per heavy atom. The van der Waals surface area contributed by atoms with Crippen LogP contribution in [0.2, 0.25) is 5.02 Å². The summed E-state index contributed by atoms with van der Waals surface area (Å²) in [6.07, 6.45) is 1.06. The Bertz CT molecular complexity index is 510. The van der Waals surface area contributed by atoms with Gasteiger partial charge in [0.2, 0.25) is 0 Å². The fourth-order valence-corrected chi connectivity index (χ4v) is 2.52. The highest BCUT2D eigenvalue weighted by Gasteiger charge is 2.16. The standard InChI is InChI=1S/C17H21ClN2/c1-19-13-12-17(14-6-4-3-5-7-14)20(2)16-10-8-15(18)9-11-16/h3-11,17,19H,12-13H2,1-2H3. The van der Waals surface area contributed by atoms with Gasteiger partial charge in [-0.15, -0.1) is 0 Å². The van der Waals surface area contributed by atoms with Crippen molar-refractivity contribution in [3.63, 3.8) is 0 Å². The van der Waals surface area contributed by atoms with Crippen LogP contribution in [-0.2, 0) is 0 Å². The molecule has 0 aliphatic rings. The molecule has 0 spiro atoms. The van der Waals surface area contributed by atoms with Gasteiger partial charge in [0.1, 0.15) is 0 Å². The lowest BCUT2D eigenvalue weighted by Crippen LogP contribution is -2.27. The molecule has 0 saturated carbocycles. The van der Waals surface area contributed by atoms with E-state index in [4.69, 9.17) is 11.6 Å². The molecule has 0 fully saturated rings. The molecule has 2 aromatic rings. The fraction of sp³-hybridized carbons (Fsp3) is 0.294. The molecule has 0 aliphatic heterocycles. The van der Waals surface area contributed by atoms with Gasteiger partial charge in [0, 0.05) is 17.8 Å². The van der Waals surface area contributed by atoms with Crippen molar-refractivity contribution >= 4 is 17.3 Å². The summed E-state index contributed by atoms with van der Waals surface area (Å²) < 4.78 is 0. The normalized spacial score (nSPS) is 12.2. The molecule has 2 aromatic carbocycles. The quantitative estimate of drug-likeness (QED) is 0.860. The molecular weight excluding hydrogens is 268 g/mol. The van der Waals surface area contributed by atoms with Gasteiger partial charge >= 0.3 is 0 Å². The monoisotopic (exact) mass is 288 g/mol. The molecule has 2 nitrogen and oxygen atoms in total. The molecule has 0 heterocycles. The van der Waals surface area contributed by atoms with Crippen molar-refractivity contribution in [1.29, 1.82) is 0 Å². The first-order valence-corrected chi connectivity index (χ1v) is 7.28. The Balaban J connectivity index is 2.23. The van der Waals surface area contributed by atoms with E-state index in [0.717, 1.165) is 18.0 Å². The third-order valence-corrected chi connectivity index (χ3v) is 3.81. The average Bonchev–Trinajstić information content (AvgIpc) is 2.49. The average molecular weight is 289 g/mol. The van der Waals surface area contributed by atoms with Gasteiger partial charge in [-0.2, -0.15) is 0 Å². The molecule has 0 bridgehead atoms. The number of halogens is 1. The molecule has 1 atom stereocenters. The molecule has 0 aliphatic carbocycles. The second kappa shape index (κ2) is 7.32. The van der Waals surface area contributed by atoms with Crippen LogP contribution in [0.5, 0.6) is 0 Å². The molecule has 20 heavy (non-hydrogen) atoms. The summed E-state index contributed by atoms with van der Waals surface area (Å²) in [7, 11) is 4.13. The summed E-state index contributed by atoms with van der Waals surface area (Å²) in [5.41, 5.74) is 2.51. The number of nitrogens with one attached hydrogen (secondary N) is 1. The van der Waals surface area contributed by atoms with Crippen LogP contribution < -0.4 is 10.2 Å². The van der Waals surface area contributed by atoms with E-state index in [1.165, 1.54) is 11.3 Å². The maximum atomic E-state index is 5.97. The fourth-order valence-electron chi connectivity index (χ4n) is 2.40. The van der Waals surface area contributed by atoms with Crippen molar-refractivity contribution in [2.75, 3.05) is 25.5 Å². The first-order chi connectivity index (χ1) is 9.72. The maximum absolute atomic E-state index is 5.97. The first-order valence-electron chi connectivity index (χ1n) is 6.90. The van der Waals surface area contributed by atoms with Crippen LogP contribution in [-0.4, -0.2) is 20.6 Å². The van der Waals surface area contributed by atoms with Gasteiger partial charge in [0.25, 0.3) is 0 Å². The van der Waals surface area contributed by atoms with Crippen LogP contribution in [0.4, 0.5) is 5.69 Å². The summed E-state index contributed by atoms with van der Waals surface area (Å²) in [6.45, 7) is 0.984. The Morgan fingerprint density at radius 1 is 1.05 bits per heavy atom. The van der Waals surface area contributed by atoms with E-state index >= 15 is 0 Å². The van der Waals surface area contributed by atoms with Crippen LogP contribution in [0.15, 0.2) is 54.6 Å². The van der Waals surface area contributed by atoms with Gasteiger partial charge in [-0.25, -0.2) is 0 Å². The van der Waals surface area contributed by atoms with E-state index in [-0.39, 0.29) is 0 Å². The lowest BCUT2D eigenvalue weighted by molar-refractivity contribution is 0.586. The number of hydrogen-bond donors (Lipinski definition) is 1. The van der Waals surface area contributed by atoms with Crippen LogP contribution >= 0.6 is 11.6 Å². The summed E-state index contributed by atoms with van der Waals surface area (Å²) in [5, 5.41) is 4.01. The summed E-state index contributed by atoms with van der Waals surface area (Å²) in [5.74, 6) is 0. The van der Waals surface area contributed by atoms with Crippen molar-refractivity contribution in [3.05, 3.63) is 65.2 Å². The smallest absolute Gasteiger partial charge is 0.0551 e. The van der Waals surface area contributed by atoms with Crippen LogP contribution in [0, 0.1) is 0 Å². The molecule has 1 unspecified atom stereocenters. The predicted octanol–water partition coefficient (Wildman–Crippen LogP) is 4.13. The minimum atomic E-state index is 0.352. The van der Waals surface area contributed by atoms with Crippen LogP contribution in [0.3, 0.4) is 0 Å². The molecule has 0 amide bonds. The Hall–Kier alpha value is -1.51. The molecule has 106 valence electrons. The molecular formula is C17H21ClN2. The number of rotatable bonds is 6. The third-order valence-electron chi connectivity index (χ3n) is 3.55. The zero-order valence-corrected chi connectivity index (χ0v) is 12.8. The van der Waals surface area contributed by atoms with Gasteiger partial charge in [0.05, 0.1) is 6.04 Å². The van der Waals surface area contributed by atoms with Gasteiger partial charge in [-0.3, -0.25) is 0 Å². The number of nitrogens with zero attached hydrogens (tertiary/aromatic N) is 1. The predicted molar refractivity (Wildman–Crippen MR) is 87.6 cm³/mol. The van der Waals surface area contributed by atoms with Gasteiger partial charge in [-0.1, -0.05) is 41.9 Å². The highest BCUT2D eigenvalue weighted by atomic mass is 35.5. The number of benzene rings is 2. The van der Waals surface area contributed by atoms with Gasteiger partial charge < -0.3 is 10.2 Å². The molecule has 0 radical (unpaired) electrons. The second-order valence-electron chi connectivity index (χ2n) is 4.91. The third kappa shape index (κ3) is 3.75. The van der Waals surface area contributed by atoms with E-state index in [0.29, 0.717) is 6.04 Å². The van der Waals surface area contributed by atoms with Crippen molar-refractivity contribution in [1.82, 2.24) is 5.32 Å². The Labute approximate surface area is 126 Å². The lowest BCUT2D eigenvalue weighted by Gasteiger charge is -2.30. The maximum Gasteiger partial charge on any atom is 0.0551 e. The van der Waals surface area contributed by atoms with Gasteiger partial charge in [-0.05, 0) is 49.8 Å². The molecule has 2 rings (SSSR count). The Kier molecular flexibility index (Phi) is 5.45. The lowest BCUT2D eigenvalue weighted by atomic mass is 10.0. The van der Waals surface area contributed by atoms with Crippen LogP contribution in [0.25, 0.3) is 0 Å². The van der Waals surface area contributed by atoms with Gasteiger partial charge in [0.15, 0.2) is 0 Å². The minimum absolute atomic E-state index is 0.352. The first kappa shape index (κ1) is 14.9. The topological polar surface area (TPSA) is 15.3 Å². The summed E-state index contributed by atoms with van der Waals surface area (Å²) >= 11 is 5.97. The molecule has 0 saturated heterocycles. The van der Waals surface area contributed by atoms with E-state index in [1.54, 1.807) is 0 Å². The molecule has 0 aromatic heterocycles. The summed E-state index contributed by atoms with van der Waals surface area (Å²) in [4.78, 5) is 2.31. The van der Waals surface area contributed by atoms with Crippen molar-refractivity contribution in [2.45, 2.75) is 12.5 Å². The van der Waals surface area contributed by atoms with Crippen molar-refractivity contribution in [3.8, 4) is 0 Å². The Morgan fingerprint density at radius 3 is 2.30 bits per heavy atom. The zero-order chi connectivity index (χ0) is 14.4. The highest BCUT2D eigenvalue weighted by Crippen LogP contribution is 2.28. The second-order valence-corrected chi connectivity index (χ2v) is 5.34. The summed E-state index contributed by atoms with van der Waals surface area (Å²) in [6, 6.07) is 19.0. The van der Waals surface area contributed by atoms with E-state index in [2.05, 4.69) is 59.7 Å². The number of hydrogen-bond acceptors (Lipinski definition) is 2. The van der Waals surface area contributed by atoms with Crippen molar-refractivity contribution in [2.24, 2.45) is 0 Å². The molecule has 1 N–H and O–H groups in total. The minimum Gasteiger partial charge on any atom is -0.368 e. The van der Waals surface area contributed by atoms with E-state index in [1.807, 2.05) is 19.2 Å². The number of anilines is 1. The highest BCUT2D eigenvalue weighted by molar-refractivity contribution is 6.30. The SMILES string of the molecule is CNCCC(c1ccccc1)N(C)c1ccc(Cl)cc1. The van der Waals surface area contributed by atoms with Crippen molar-refractivity contribution < 1.29 is 0 Å².